The van der Waals surface area contributed by atoms with Crippen LogP contribution in [0.3, 0.4) is 0 Å². The quantitative estimate of drug-likeness (QED) is 0.521. The SMILES string of the molecule is Cc1ccnc(Nc2cccc(-c3cnc(N4CCC(CNC(=O)CO)CC4)s3)n2)c1. The minimum atomic E-state index is -0.451. The minimum absolute atomic E-state index is 0.311. The molecule has 9 heteroatoms. The van der Waals surface area contributed by atoms with Gasteiger partial charge in [0.25, 0.3) is 0 Å². The summed E-state index contributed by atoms with van der Waals surface area (Å²) in [4.78, 5) is 28.2. The Labute approximate surface area is 185 Å². The normalized spacial score (nSPS) is 14.5. The second-order valence-electron chi connectivity index (χ2n) is 7.65. The van der Waals surface area contributed by atoms with E-state index in [1.807, 2.05) is 43.5 Å². The number of aryl methyl sites for hydroxylation is 1. The third kappa shape index (κ3) is 5.56. The molecule has 8 nitrogen and oxygen atoms in total. The van der Waals surface area contributed by atoms with Gasteiger partial charge >= 0.3 is 0 Å². The van der Waals surface area contributed by atoms with Crippen molar-refractivity contribution in [1.29, 1.82) is 0 Å². The van der Waals surface area contributed by atoms with Gasteiger partial charge in [-0.1, -0.05) is 17.4 Å². The number of rotatable bonds is 7. The molecular formula is C22H26N6O2S. The monoisotopic (exact) mass is 438 g/mol. The van der Waals surface area contributed by atoms with Crippen LogP contribution in [0.15, 0.2) is 42.7 Å². The predicted molar refractivity (Wildman–Crippen MR) is 123 cm³/mol. The highest BCUT2D eigenvalue weighted by Gasteiger charge is 2.22. The van der Waals surface area contributed by atoms with E-state index in [9.17, 15) is 4.79 Å². The van der Waals surface area contributed by atoms with Crippen LogP contribution in [-0.4, -0.2) is 52.2 Å². The highest BCUT2D eigenvalue weighted by Crippen LogP contribution is 2.33. The molecule has 3 aromatic rings. The number of amides is 1. The number of aromatic nitrogens is 3. The van der Waals surface area contributed by atoms with Gasteiger partial charge in [-0.3, -0.25) is 4.79 Å². The Bertz CT molecular complexity index is 1030. The van der Waals surface area contributed by atoms with Gasteiger partial charge in [-0.2, -0.15) is 0 Å². The van der Waals surface area contributed by atoms with Crippen molar-refractivity contribution < 1.29 is 9.90 Å². The van der Waals surface area contributed by atoms with Crippen LogP contribution in [0.2, 0.25) is 0 Å². The maximum Gasteiger partial charge on any atom is 0.245 e. The Balaban J connectivity index is 1.37. The molecule has 1 saturated heterocycles. The molecule has 3 aromatic heterocycles. The highest BCUT2D eigenvalue weighted by atomic mass is 32.1. The molecule has 0 saturated carbocycles. The van der Waals surface area contributed by atoms with Gasteiger partial charge in [0.1, 0.15) is 18.2 Å². The molecule has 0 radical (unpaired) electrons. The number of carbonyl (C=O) groups excluding carboxylic acids is 1. The number of nitrogens with one attached hydrogen (secondary N) is 2. The smallest absolute Gasteiger partial charge is 0.245 e. The van der Waals surface area contributed by atoms with Crippen LogP contribution >= 0.6 is 11.3 Å². The van der Waals surface area contributed by atoms with E-state index in [4.69, 9.17) is 10.1 Å². The van der Waals surface area contributed by atoms with Crippen molar-refractivity contribution in [2.45, 2.75) is 19.8 Å². The van der Waals surface area contributed by atoms with E-state index >= 15 is 0 Å². The van der Waals surface area contributed by atoms with Crippen LogP contribution in [0.1, 0.15) is 18.4 Å². The first-order valence-electron chi connectivity index (χ1n) is 10.4. The van der Waals surface area contributed by atoms with Crippen molar-refractivity contribution in [3.8, 4) is 10.6 Å². The Morgan fingerprint density at radius 3 is 2.84 bits per heavy atom. The molecule has 4 rings (SSSR count). The molecule has 162 valence electrons. The van der Waals surface area contributed by atoms with Crippen LogP contribution in [0.25, 0.3) is 10.6 Å². The van der Waals surface area contributed by atoms with Crippen molar-refractivity contribution >= 4 is 34.0 Å². The number of carbonyl (C=O) groups is 1. The van der Waals surface area contributed by atoms with Crippen molar-refractivity contribution in [1.82, 2.24) is 20.3 Å². The molecule has 0 aliphatic carbocycles. The molecule has 0 unspecified atom stereocenters. The van der Waals surface area contributed by atoms with Crippen LogP contribution in [0.4, 0.5) is 16.8 Å². The zero-order valence-electron chi connectivity index (χ0n) is 17.4. The lowest BCUT2D eigenvalue weighted by Gasteiger charge is -2.31. The molecule has 1 aliphatic heterocycles. The minimum Gasteiger partial charge on any atom is -0.387 e. The van der Waals surface area contributed by atoms with Crippen LogP contribution in [0.5, 0.6) is 0 Å². The number of anilines is 3. The lowest BCUT2D eigenvalue weighted by atomic mass is 9.97. The standard InChI is InChI=1S/C22H26N6O2S/c1-15-5-8-23-20(11-15)27-19-4-2-3-17(26-19)18-13-25-22(31-18)28-9-6-16(7-10-28)12-24-21(30)14-29/h2-5,8,11,13,16,29H,6-7,9-10,12,14H2,1H3,(H,24,30)(H,23,26,27). The summed E-state index contributed by atoms with van der Waals surface area (Å²) in [6, 6.07) is 9.84. The molecule has 0 atom stereocenters. The first kappa shape index (κ1) is 21.2. The number of hydrogen-bond acceptors (Lipinski definition) is 8. The number of nitrogens with zero attached hydrogens (tertiary/aromatic N) is 4. The summed E-state index contributed by atoms with van der Waals surface area (Å²) >= 11 is 1.64. The predicted octanol–water partition coefficient (Wildman–Crippen LogP) is 2.98. The number of aliphatic hydroxyl groups excluding tert-OH is 1. The second kappa shape index (κ2) is 9.84. The first-order chi connectivity index (χ1) is 15.1. The zero-order valence-corrected chi connectivity index (χ0v) is 18.2. The fourth-order valence-electron chi connectivity index (χ4n) is 3.55. The maximum absolute atomic E-state index is 11.2. The van der Waals surface area contributed by atoms with E-state index in [2.05, 4.69) is 25.5 Å². The molecule has 4 heterocycles. The van der Waals surface area contributed by atoms with Gasteiger partial charge in [-0.25, -0.2) is 15.0 Å². The van der Waals surface area contributed by atoms with E-state index in [1.54, 1.807) is 17.5 Å². The van der Waals surface area contributed by atoms with E-state index in [-0.39, 0.29) is 5.91 Å². The van der Waals surface area contributed by atoms with Crippen LogP contribution in [-0.2, 0) is 4.79 Å². The van der Waals surface area contributed by atoms with Crippen molar-refractivity contribution in [3.63, 3.8) is 0 Å². The fraction of sp³-hybridized carbons (Fsp3) is 0.364. The maximum atomic E-state index is 11.2. The Hall–Kier alpha value is -3.04. The molecule has 0 bridgehead atoms. The average Bonchev–Trinajstić information content (AvgIpc) is 3.28. The highest BCUT2D eigenvalue weighted by molar-refractivity contribution is 7.18. The summed E-state index contributed by atoms with van der Waals surface area (Å²) in [6.45, 7) is 4.01. The van der Waals surface area contributed by atoms with Crippen molar-refractivity contribution in [3.05, 3.63) is 48.3 Å². The van der Waals surface area contributed by atoms with Gasteiger partial charge in [-0.05, 0) is 55.5 Å². The summed E-state index contributed by atoms with van der Waals surface area (Å²) < 4.78 is 0. The molecule has 31 heavy (non-hydrogen) atoms. The van der Waals surface area contributed by atoms with Crippen molar-refractivity contribution in [2.24, 2.45) is 5.92 Å². The summed E-state index contributed by atoms with van der Waals surface area (Å²) in [5, 5.41) is 15.8. The van der Waals surface area contributed by atoms with Crippen molar-refractivity contribution in [2.75, 3.05) is 36.5 Å². The molecule has 1 fully saturated rings. The number of pyridine rings is 2. The zero-order chi connectivity index (χ0) is 21.6. The lowest BCUT2D eigenvalue weighted by Crippen LogP contribution is -2.39. The van der Waals surface area contributed by atoms with E-state index < -0.39 is 6.61 Å². The lowest BCUT2D eigenvalue weighted by molar-refractivity contribution is -0.124. The van der Waals surface area contributed by atoms with Gasteiger partial charge in [0, 0.05) is 32.0 Å². The Morgan fingerprint density at radius 1 is 1.23 bits per heavy atom. The largest absolute Gasteiger partial charge is 0.387 e. The Morgan fingerprint density at radius 2 is 2.06 bits per heavy atom. The van der Waals surface area contributed by atoms with E-state index in [1.165, 1.54) is 0 Å². The summed E-state index contributed by atoms with van der Waals surface area (Å²) in [5.74, 6) is 1.64. The van der Waals surface area contributed by atoms with Gasteiger partial charge in [0.05, 0.1) is 10.6 Å². The number of aliphatic hydroxyl groups is 1. The topological polar surface area (TPSA) is 103 Å². The second-order valence-corrected chi connectivity index (χ2v) is 8.66. The third-order valence-corrected chi connectivity index (χ3v) is 6.36. The van der Waals surface area contributed by atoms with E-state index in [0.29, 0.717) is 12.5 Å². The van der Waals surface area contributed by atoms with Gasteiger partial charge in [0.2, 0.25) is 5.91 Å². The van der Waals surface area contributed by atoms with Crippen LogP contribution in [0, 0.1) is 12.8 Å². The molecule has 1 aliphatic rings. The summed E-state index contributed by atoms with van der Waals surface area (Å²) in [5.41, 5.74) is 2.02. The summed E-state index contributed by atoms with van der Waals surface area (Å²) in [7, 11) is 0. The van der Waals surface area contributed by atoms with Gasteiger partial charge in [0.15, 0.2) is 5.13 Å². The first-order valence-corrected chi connectivity index (χ1v) is 11.2. The fourth-order valence-corrected chi connectivity index (χ4v) is 4.49. The Kier molecular flexibility index (Phi) is 6.73. The number of thiazole rings is 1. The average molecular weight is 439 g/mol. The van der Waals surface area contributed by atoms with Gasteiger partial charge in [-0.15, -0.1) is 0 Å². The number of piperidine rings is 1. The van der Waals surface area contributed by atoms with Gasteiger partial charge < -0.3 is 20.6 Å². The molecule has 0 spiro atoms. The molecule has 3 N–H and O–H groups in total. The summed E-state index contributed by atoms with van der Waals surface area (Å²) in [6.07, 6.45) is 5.63. The van der Waals surface area contributed by atoms with Crippen LogP contribution < -0.4 is 15.5 Å². The third-order valence-electron chi connectivity index (χ3n) is 5.28. The molecular weight excluding hydrogens is 412 g/mol. The molecule has 0 aromatic carbocycles. The molecule has 1 amide bonds. The number of hydrogen-bond donors (Lipinski definition) is 3. The van der Waals surface area contributed by atoms with E-state index in [0.717, 1.165) is 58.8 Å².